The monoisotopic (exact) mass is 311 g/mol. The van der Waals surface area contributed by atoms with Crippen LogP contribution in [0.1, 0.15) is 30.0 Å². The summed E-state index contributed by atoms with van der Waals surface area (Å²) in [6.07, 6.45) is 3.51. The van der Waals surface area contributed by atoms with Crippen LogP contribution in [0.15, 0.2) is 48.7 Å². The average molecular weight is 311 g/mol. The van der Waals surface area contributed by atoms with Gasteiger partial charge in [-0.25, -0.2) is 9.78 Å². The minimum absolute atomic E-state index is 0.0525. The average Bonchev–Trinajstić information content (AvgIpc) is 3.10. The Morgan fingerprint density at radius 2 is 2.13 bits per heavy atom. The maximum Gasteiger partial charge on any atom is 0.410 e. The molecule has 0 bridgehead atoms. The van der Waals surface area contributed by atoms with Crippen LogP contribution in [0.3, 0.4) is 0 Å². The number of carbonyl (C=O) groups is 1. The molecule has 1 amide bonds. The molecule has 23 heavy (non-hydrogen) atoms. The fourth-order valence-electron chi connectivity index (χ4n) is 2.88. The summed E-state index contributed by atoms with van der Waals surface area (Å²) >= 11 is 0. The number of nitrogens with zero attached hydrogens (tertiary/aromatic N) is 2. The SMILES string of the molecule is CNc1ccc([C@@H]2CCCN2C(=O)OCc2ccccc2)cn1. The molecule has 2 heterocycles. The van der Waals surface area contributed by atoms with Gasteiger partial charge in [-0.1, -0.05) is 36.4 Å². The molecule has 1 N–H and O–H groups in total. The number of rotatable bonds is 4. The highest BCUT2D eigenvalue weighted by atomic mass is 16.6. The molecule has 1 fully saturated rings. The van der Waals surface area contributed by atoms with Crippen molar-refractivity contribution < 1.29 is 9.53 Å². The molecule has 2 aromatic rings. The van der Waals surface area contributed by atoms with Crippen LogP contribution in [0.5, 0.6) is 0 Å². The second-order valence-electron chi connectivity index (χ2n) is 5.62. The molecule has 0 saturated carbocycles. The normalized spacial score (nSPS) is 17.1. The summed E-state index contributed by atoms with van der Waals surface area (Å²) < 4.78 is 5.46. The number of nitrogens with one attached hydrogen (secondary N) is 1. The quantitative estimate of drug-likeness (QED) is 0.937. The molecular formula is C18H21N3O2. The largest absolute Gasteiger partial charge is 0.445 e. The first-order valence-corrected chi connectivity index (χ1v) is 7.89. The van der Waals surface area contributed by atoms with Crippen LogP contribution in [0.2, 0.25) is 0 Å². The van der Waals surface area contributed by atoms with Crippen LogP contribution in [0.4, 0.5) is 10.6 Å². The summed E-state index contributed by atoms with van der Waals surface area (Å²) in [4.78, 5) is 18.5. The first-order chi connectivity index (χ1) is 11.3. The Balaban J connectivity index is 1.64. The molecule has 5 nitrogen and oxygen atoms in total. The third-order valence-electron chi connectivity index (χ3n) is 4.12. The molecule has 3 rings (SSSR count). The molecule has 0 radical (unpaired) electrons. The summed E-state index contributed by atoms with van der Waals surface area (Å²) in [6, 6.07) is 13.7. The molecule has 1 aliphatic heterocycles. The Bertz CT molecular complexity index is 643. The fourth-order valence-corrected chi connectivity index (χ4v) is 2.88. The van der Waals surface area contributed by atoms with Crippen molar-refractivity contribution in [2.45, 2.75) is 25.5 Å². The lowest BCUT2D eigenvalue weighted by atomic mass is 10.1. The van der Waals surface area contributed by atoms with E-state index in [4.69, 9.17) is 4.74 Å². The Morgan fingerprint density at radius 3 is 2.83 bits per heavy atom. The van der Waals surface area contributed by atoms with E-state index in [1.165, 1.54) is 0 Å². The van der Waals surface area contributed by atoms with Gasteiger partial charge in [0.15, 0.2) is 0 Å². The van der Waals surface area contributed by atoms with E-state index in [2.05, 4.69) is 10.3 Å². The predicted octanol–water partition coefficient (Wildman–Crippen LogP) is 3.60. The first-order valence-electron chi connectivity index (χ1n) is 7.89. The lowest BCUT2D eigenvalue weighted by Crippen LogP contribution is -2.31. The lowest BCUT2D eigenvalue weighted by molar-refractivity contribution is 0.0920. The number of anilines is 1. The van der Waals surface area contributed by atoms with Gasteiger partial charge in [0.05, 0.1) is 6.04 Å². The van der Waals surface area contributed by atoms with E-state index in [0.717, 1.165) is 36.3 Å². The summed E-state index contributed by atoms with van der Waals surface area (Å²) in [7, 11) is 1.84. The summed E-state index contributed by atoms with van der Waals surface area (Å²) in [6.45, 7) is 1.03. The zero-order valence-corrected chi connectivity index (χ0v) is 13.2. The van der Waals surface area contributed by atoms with Gasteiger partial charge in [-0.05, 0) is 30.0 Å². The Morgan fingerprint density at radius 1 is 1.30 bits per heavy atom. The van der Waals surface area contributed by atoms with Gasteiger partial charge in [0.1, 0.15) is 12.4 Å². The number of amides is 1. The van der Waals surface area contributed by atoms with E-state index in [-0.39, 0.29) is 12.1 Å². The molecule has 1 aliphatic rings. The van der Waals surface area contributed by atoms with Crippen LogP contribution in [-0.2, 0) is 11.3 Å². The third-order valence-corrected chi connectivity index (χ3v) is 4.12. The van der Waals surface area contributed by atoms with E-state index in [1.807, 2.05) is 55.7 Å². The number of benzene rings is 1. The molecule has 0 unspecified atom stereocenters. The standard InChI is InChI=1S/C18H21N3O2/c1-19-17-10-9-15(12-20-17)16-8-5-11-21(16)18(22)23-13-14-6-3-2-4-7-14/h2-4,6-7,9-10,12,16H,5,8,11,13H2,1H3,(H,19,20)/t16-/m0/s1. The molecule has 1 atom stereocenters. The zero-order chi connectivity index (χ0) is 16.1. The van der Waals surface area contributed by atoms with Crippen LogP contribution < -0.4 is 5.32 Å². The molecule has 0 spiro atoms. The molecule has 1 aromatic carbocycles. The van der Waals surface area contributed by atoms with Gasteiger partial charge in [0, 0.05) is 19.8 Å². The van der Waals surface area contributed by atoms with Gasteiger partial charge in [0.2, 0.25) is 0 Å². The minimum Gasteiger partial charge on any atom is -0.445 e. The van der Waals surface area contributed by atoms with Crippen LogP contribution in [-0.4, -0.2) is 29.6 Å². The van der Waals surface area contributed by atoms with Crippen LogP contribution >= 0.6 is 0 Å². The highest BCUT2D eigenvalue weighted by molar-refractivity contribution is 5.68. The summed E-state index contributed by atoms with van der Waals surface area (Å²) in [5.41, 5.74) is 2.05. The third kappa shape index (κ3) is 3.62. The van der Waals surface area contributed by atoms with Crippen molar-refractivity contribution in [1.29, 1.82) is 0 Å². The van der Waals surface area contributed by atoms with Gasteiger partial charge in [-0.2, -0.15) is 0 Å². The Labute approximate surface area is 136 Å². The summed E-state index contributed by atoms with van der Waals surface area (Å²) in [5.74, 6) is 0.824. The van der Waals surface area contributed by atoms with Crippen LogP contribution in [0.25, 0.3) is 0 Å². The van der Waals surface area contributed by atoms with E-state index in [1.54, 1.807) is 4.90 Å². The molecule has 0 aliphatic carbocycles. The zero-order valence-electron chi connectivity index (χ0n) is 13.2. The highest BCUT2D eigenvalue weighted by Crippen LogP contribution is 2.32. The molecular weight excluding hydrogens is 290 g/mol. The van der Waals surface area contributed by atoms with Crippen molar-refractivity contribution >= 4 is 11.9 Å². The number of pyridine rings is 1. The fraction of sp³-hybridized carbons (Fsp3) is 0.333. The smallest absolute Gasteiger partial charge is 0.410 e. The lowest BCUT2D eigenvalue weighted by Gasteiger charge is -2.24. The van der Waals surface area contributed by atoms with Gasteiger partial charge < -0.3 is 15.0 Å². The molecule has 120 valence electrons. The molecule has 1 saturated heterocycles. The second kappa shape index (κ2) is 7.13. The van der Waals surface area contributed by atoms with Crippen molar-refractivity contribution in [3.8, 4) is 0 Å². The van der Waals surface area contributed by atoms with Crippen LogP contribution in [0, 0.1) is 0 Å². The number of hydrogen-bond donors (Lipinski definition) is 1. The minimum atomic E-state index is -0.256. The predicted molar refractivity (Wildman–Crippen MR) is 89.1 cm³/mol. The van der Waals surface area contributed by atoms with Gasteiger partial charge in [0.25, 0.3) is 0 Å². The van der Waals surface area contributed by atoms with E-state index in [9.17, 15) is 4.79 Å². The first kappa shape index (κ1) is 15.3. The van der Waals surface area contributed by atoms with Crippen molar-refractivity contribution in [3.63, 3.8) is 0 Å². The number of ether oxygens (including phenoxy) is 1. The maximum absolute atomic E-state index is 12.4. The van der Waals surface area contributed by atoms with Crippen molar-refractivity contribution in [3.05, 3.63) is 59.8 Å². The number of likely N-dealkylation sites (tertiary alicyclic amines) is 1. The molecule has 5 heteroatoms. The topological polar surface area (TPSA) is 54.5 Å². The van der Waals surface area contributed by atoms with E-state index >= 15 is 0 Å². The Kier molecular flexibility index (Phi) is 4.76. The van der Waals surface area contributed by atoms with Gasteiger partial charge >= 0.3 is 6.09 Å². The van der Waals surface area contributed by atoms with Crippen molar-refractivity contribution in [1.82, 2.24) is 9.88 Å². The van der Waals surface area contributed by atoms with Gasteiger partial charge in [-0.3, -0.25) is 0 Å². The van der Waals surface area contributed by atoms with Crippen molar-refractivity contribution in [2.24, 2.45) is 0 Å². The molecule has 1 aromatic heterocycles. The van der Waals surface area contributed by atoms with Gasteiger partial charge in [-0.15, -0.1) is 0 Å². The summed E-state index contributed by atoms with van der Waals surface area (Å²) in [5, 5.41) is 3.00. The van der Waals surface area contributed by atoms with E-state index in [0.29, 0.717) is 6.61 Å². The maximum atomic E-state index is 12.4. The number of carbonyl (C=O) groups excluding carboxylic acids is 1. The number of aromatic nitrogens is 1. The Hall–Kier alpha value is -2.56. The van der Waals surface area contributed by atoms with E-state index < -0.39 is 0 Å². The van der Waals surface area contributed by atoms with Crippen molar-refractivity contribution in [2.75, 3.05) is 18.9 Å². The number of hydrogen-bond acceptors (Lipinski definition) is 4. The highest BCUT2D eigenvalue weighted by Gasteiger charge is 2.31. The second-order valence-corrected chi connectivity index (χ2v) is 5.62.